The fourth-order valence-corrected chi connectivity index (χ4v) is 7.02. The first-order valence-electron chi connectivity index (χ1n) is 16.1. The monoisotopic (exact) mass is 755 g/mol. The van der Waals surface area contributed by atoms with Crippen LogP contribution in [0.25, 0.3) is 10.8 Å². The van der Waals surface area contributed by atoms with Crippen molar-refractivity contribution in [1.29, 1.82) is 5.41 Å². The number of amidine groups is 1. The highest BCUT2D eigenvalue weighted by molar-refractivity contribution is 8.13. The van der Waals surface area contributed by atoms with Crippen molar-refractivity contribution in [3.05, 3.63) is 93.2 Å². The van der Waals surface area contributed by atoms with E-state index in [1.807, 2.05) is 51.1 Å². The second-order valence-corrected chi connectivity index (χ2v) is 16.0. The van der Waals surface area contributed by atoms with Crippen LogP contribution in [-0.2, 0) is 31.0 Å². The van der Waals surface area contributed by atoms with Crippen LogP contribution in [-0.4, -0.2) is 89.2 Å². The van der Waals surface area contributed by atoms with Crippen molar-refractivity contribution < 1.29 is 46.2 Å². The largest absolute Gasteiger partial charge is 0.748 e. The predicted octanol–water partition coefficient (Wildman–Crippen LogP) is 4.22. The molecule has 0 radical (unpaired) electrons. The minimum Gasteiger partial charge on any atom is -0.748 e. The van der Waals surface area contributed by atoms with Gasteiger partial charge in [-0.25, -0.2) is 18.0 Å². The van der Waals surface area contributed by atoms with Gasteiger partial charge in [0.15, 0.2) is 5.17 Å². The van der Waals surface area contributed by atoms with Gasteiger partial charge in [-0.05, 0) is 41.3 Å². The lowest BCUT2D eigenvalue weighted by atomic mass is 9.74. The molecule has 0 spiro atoms. The topological polar surface area (TPSA) is 223 Å². The molecule has 5 rings (SSSR count). The Morgan fingerprint density at radius 1 is 1.06 bits per heavy atom. The van der Waals surface area contributed by atoms with E-state index in [0.29, 0.717) is 34.5 Å². The van der Waals surface area contributed by atoms with Crippen molar-refractivity contribution in [2.45, 2.75) is 33.4 Å². The normalized spacial score (nSPS) is 18.3. The summed E-state index contributed by atoms with van der Waals surface area (Å²) in [6, 6.07) is 16.2. The number of nitro groups is 1. The summed E-state index contributed by atoms with van der Waals surface area (Å²) in [6.45, 7) is 6.55. The van der Waals surface area contributed by atoms with Gasteiger partial charge in [0, 0.05) is 40.8 Å². The lowest BCUT2D eigenvalue weighted by molar-refractivity contribution is -0.890. The number of esters is 2. The number of hydrogen-bond donors (Lipinski definition) is 2. The van der Waals surface area contributed by atoms with Crippen molar-refractivity contribution in [1.82, 2.24) is 4.90 Å². The van der Waals surface area contributed by atoms with Gasteiger partial charge in [0.05, 0.1) is 46.7 Å². The molecule has 0 aliphatic carbocycles. The van der Waals surface area contributed by atoms with E-state index in [2.05, 4.69) is 20.2 Å². The molecule has 0 saturated carbocycles. The molecule has 17 heteroatoms. The molecule has 0 unspecified atom stereocenters. The second-order valence-electron chi connectivity index (χ2n) is 13.6. The van der Waals surface area contributed by atoms with Gasteiger partial charge in [-0.1, -0.05) is 51.1 Å². The van der Waals surface area contributed by atoms with Gasteiger partial charge in [0.25, 0.3) is 5.69 Å². The summed E-state index contributed by atoms with van der Waals surface area (Å²) < 4.78 is 39.5. The van der Waals surface area contributed by atoms with Gasteiger partial charge < -0.3 is 29.1 Å². The van der Waals surface area contributed by atoms with Crippen molar-refractivity contribution in [2.75, 3.05) is 32.8 Å². The van der Waals surface area contributed by atoms with Crippen LogP contribution < -0.4 is 10.5 Å². The molecule has 2 aliphatic rings. The van der Waals surface area contributed by atoms with Crippen molar-refractivity contribution in [3.63, 3.8) is 0 Å². The summed E-state index contributed by atoms with van der Waals surface area (Å²) in [5.74, 6) is -1.42. The molecule has 3 N–H and O–H groups in total. The Morgan fingerprint density at radius 3 is 2.23 bits per heavy atom. The number of benzene rings is 3. The van der Waals surface area contributed by atoms with Crippen LogP contribution in [0.1, 0.15) is 36.7 Å². The minimum absolute atomic E-state index is 0.00242. The molecule has 1 amide bonds. The minimum atomic E-state index is -3.92. The number of fused-ring (bicyclic) bond motifs is 2. The van der Waals surface area contributed by atoms with Crippen molar-refractivity contribution in [2.24, 2.45) is 23.5 Å². The zero-order valence-corrected chi connectivity index (χ0v) is 31.2. The van der Waals surface area contributed by atoms with Gasteiger partial charge in [0.2, 0.25) is 5.91 Å². The molecule has 3 atom stereocenters. The standard InChI is InChI=1S/C34H38N5O7S.CH4O3S/c1-19(2)28-29-20(3)26(30(37(29)31(28)40)33(42)46-32(41)21-12-14-23(15-13-21)38(43)44)17-45-27-11-7-9-24-22(8-6-10-25(24)27)16-39(4,5)18-47-34(35)36;1-5(2,3)4/h6-15,19-20,28-29H,16-18H2,1-5H3,(H3,35,36);1H3,(H,2,3,4)/q+1;/p-1/t20-,28+,29+;/m0./s1. The number of non-ortho nitro benzene ring substituents is 1. The highest BCUT2D eigenvalue weighted by Gasteiger charge is 2.59. The number of quaternary nitrogens is 1. The first kappa shape index (κ1) is 39.9. The summed E-state index contributed by atoms with van der Waals surface area (Å²) in [6.07, 6.45) is 0.604. The molecule has 278 valence electrons. The molecular weight excluding hydrogens is 715 g/mol. The average molecular weight is 756 g/mol. The molecule has 15 nitrogen and oxygen atoms in total. The number of β-lactam (4-membered cyclic amide) rings is 1. The van der Waals surface area contributed by atoms with Gasteiger partial charge >= 0.3 is 11.9 Å². The van der Waals surface area contributed by atoms with E-state index in [4.69, 9.17) is 33.6 Å². The molecule has 3 aromatic carbocycles. The molecule has 2 aliphatic heterocycles. The third-order valence-corrected chi connectivity index (χ3v) is 9.87. The van der Waals surface area contributed by atoms with E-state index in [9.17, 15) is 24.5 Å². The fraction of sp³-hybridized carbons (Fsp3) is 0.371. The third-order valence-electron chi connectivity index (χ3n) is 8.73. The number of hydrogen-bond acceptors (Lipinski definition) is 12. The zero-order chi connectivity index (χ0) is 38.7. The number of nitrogens with one attached hydrogen (secondary N) is 1. The highest BCUT2D eigenvalue weighted by atomic mass is 32.2. The van der Waals surface area contributed by atoms with E-state index in [-0.39, 0.29) is 58.4 Å². The Morgan fingerprint density at radius 2 is 1.65 bits per heavy atom. The van der Waals surface area contributed by atoms with Crippen LogP contribution in [0.15, 0.2) is 71.9 Å². The Labute approximate surface area is 305 Å². The van der Waals surface area contributed by atoms with E-state index in [1.165, 1.54) is 28.8 Å². The molecule has 0 aromatic heterocycles. The van der Waals surface area contributed by atoms with Crippen molar-refractivity contribution >= 4 is 61.4 Å². The quantitative estimate of drug-likeness (QED) is 0.0268. The van der Waals surface area contributed by atoms with Crippen LogP contribution in [0.3, 0.4) is 0 Å². The summed E-state index contributed by atoms with van der Waals surface area (Å²) in [5, 5.41) is 20.5. The molecule has 2 heterocycles. The zero-order valence-electron chi connectivity index (χ0n) is 29.5. The first-order valence-corrected chi connectivity index (χ1v) is 18.9. The van der Waals surface area contributed by atoms with Gasteiger partial charge in [-0.3, -0.25) is 20.3 Å². The average Bonchev–Trinajstić information content (AvgIpc) is 3.29. The molecule has 3 aromatic rings. The van der Waals surface area contributed by atoms with Crippen LogP contribution in [0.4, 0.5) is 5.69 Å². The number of rotatable bonds is 11. The number of nitro benzene ring substituents is 1. The number of ether oxygens (including phenoxy) is 2. The van der Waals surface area contributed by atoms with Gasteiger partial charge in [0.1, 0.15) is 30.5 Å². The number of carbonyl (C=O) groups excluding carboxylic acids is 3. The number of carbonyl (C=O) groups is 3. The first-order chi connectivity index (χ1) is 24.2. The van der Waals surface area contributed by atoms with E-state index in [0.717, 1.165) is 28.5 Å². The lowest BCUT2D eigenvalue weighted by Gasteiger charge is -2.47. The molecular formula is C35H41N5O10S2. The van der Waals surface area contributed by atoms with E-state index >= 15 is 0 Å². The Hall–Kier alpha value is -4.84. The molecule has 0 bridgehead atoms. The summed E-state index contributed by atoms with van der Waals surface area (Å²) in [7, 11) is 0.233. The summed E-state index contributed by atoms with van der Waals surface area (Å²) >= 11 is 1.29. The summed E-state index contributed by atoms with van der Waals surface area (Å²) in [5.41, 5.74) is 6.99. The van der Waals surface area contributed by atoms with E-state index < -0.39 is 27.0 Å². The Balaban J connectivity index is 0.00000113. The van der Waals surface area contributed by atoms with Crippen LogP contribution in [0.2, 0.25) is 0 Å². The number of nitrogens with two attached hydrogens (primary N) is 1. The van der Waals surface area contributed by atoms with E-state index in [1.54, 1.807) is 0 Å². The van der Waals surface area contributed by atoms with Crippen molar-refractivity contribution in [3.8, 4) is 5.75 Å². The number of nitrogens with zero attached hydrogens (tertiary/aromatic N) is 3. The van der Waals surface area contributed by atoms with Crippen LogP contribution in [0.5, 0.6) is 5.75 Å². The Kier molecular flexibility index (Phi) is 12.1. The van der Waals surface area contributed by atoms with Gasteiger partial charge in [-0.2, -0.15) is 0 Å². The lowest BCUT2D eigenvalue weighted by Crippen LogP contribution is -2.62. The van der Waals surface area contributed by atoms with Crippen LogP contribution in [0, 0.1) is 33.3 Å². The fourth-order valence-electron chi connectivity index (χ4n) is 6.44. The Bertz CT molecular complexity index is 2040. The second kappa shape index (κ2) is 15.8. The predicted molar refractivity (Wildman–Crippen MR) is 194 cm³/mol. The van der Waals surface area contributed by atoms with Crippen LogP contribution >= 0.6 is 11.8 Å². The SMILES string of the molecule is CC(C)[C@H]1C(=O)N2C(C(=O)OC(=O)c3ccc([N+](=O)[O-])cc3)=C(COc3cccc4c(C[N+](C)(C)CSC(=N)N)cccc34)[C@H](C)[C@H]12.CS(=O)(=O)[O-]. The van der Waals surface area contributed by atoms with Gasteiger partial charge in [-0.15, -0.1) is 0 Å². The molecule has 52 heavy (non-hydrogen) atoms. The number of amides is 1. The highest BCUT2D eigenvalue weighted by Crippen LogP contribution is 2.49. The maximum absolute atomic E-state index is 13.6. The molecule has 1 fully saturated rings. The maximum atomic E-state index is 13.6. The third kappa shape index (κ3) is 9.33. The maximum Gasteiger partial charge on any atom is 0.363 e. The smallest absolute Gasteiger partial charge is 0.363 e. The number of thioether (sulfide) groups is 1. The summed E-state index contributed by atoms with van der Waals surface area (Å²) in [4.78, 5) is 51.6. The molecule has 1 saturated heterocycles.